The molecule has 41 heavy (non-hydrogen) atoms. The van der Waals surface area contributed by atoms with Crippen molar-refractivity contribution in [3.8, 4) is 16.9 Å². The summed E-state index contributed by atoms with van der Waals surface area (Å²) in [5.41, 5.74) is 4.18. The Balaban J connectivity index is 1.56. The Morgan fingerprint density at radius 3 is 1.90 bits per heavy atom. The number of amides is 2. The van der Waals surface area contributed by atoms with E-state index in [0.717, 1.165) is 28.0 Å². The highest BCUT2D eigenvalue weighted by molar-refractivity contribution is 7.90. The molecule has 0 aliphatic carbocycles. The number of ether oxygens (including phenoxy) is 1. The molecule has 1 unspecified atom stereocenters. The first-order chi connectivity index (χ1) is 19.8. The molecule has 1 atom stereocenters. The summed E-state index contributed by atoms with van der Waals surface area (Å²) in [4.78, 5) is 28.8. The number of hydrogen-bond donors (Lipinski definition) is 1. The Bertz CT molecular complexity index is 1540. The number of sulfonamides is 1. The van der Waals surface area contributed by atoms with E-state index in [4.69, 9.17) is 4.74 Å². The lowest BCUT2D eigenvalue weighted by molar-refractivity contribution is -0.132. The second kappa shape index (κ2) is 13.8. The zero-order valence-electron chi connectivity index (χ0n) is 23.2. The van der Waals surface area contributed by atoms with Crippen molar-refractivity contribution in [2.75, 3.05) is 24.3 Å². The van der Waals surface area contributed by atoms with E-state index in [9.17, 15) is 18.0 Å². The van der Waals surface area contributed by atoms with E-state index >= 15 is 0 Å². The molecule has 0 spiro atoms. The molecule has 0 saturated heterocycles. The Morgan fingerprint density at radius 2 is 1.34 bits per heavy atom. The molecule has 0 saturated carbocycles. The van der Waals surface area contributed by atoms with Crippen molar-refractivity contribution < 1.29 is 22.7 Å². The van der Waals surface area contributed by atoms with Gasteiger partial charge in [0.25, 0.3) is 0 Å². The zero-order chi connectivity index (χ0) is 29.2. The van der Waals surface area contributed by atoms with Crippen LogP contribution in [0.1, 0.15) is 18.1 Å². The molecule has 4 aromatic carbocycles. The molecule has 4 aromatic rings. The van der Waals surface area contributed by atoms with Gasteiger partial charge in [0.2, 0.25) is 21.8 Å². The number of carbonyl (C=O) groups excluding carboxylic acids is 2. The molecule has 212 valence electrons. The quantitative estimate of drug-likeness (QED) is 0.235. The van der Waals surface area contributed by atoms with Gasteiger partial charge in [-0.2, -0.15) is 0 Å². The molecule has 0 aromatic heterocycles. The smallest absolute Gasteiger partial charge is 0.246 e. The van der Waals surface area contributed by atoms with Gasteiger partial charge in [-0.15, -0.1) is 0 Å². The maximum absolute atomic E-state index is 13.8. The van der Waals surface area contributed by atoms with Crippen LogP contribution in [0.25, 0.3) is 11.1 Å². The topological polar surface area (TPSA) is 92.8 Å². The van der Waals surface area contributed by atoms with Crippen LogP contribution in [0.5, 0.6) is 5.75 Å². The van der Waals surface area contributed by atoms with Crippen LogP contribution in [0, 0.1) is 5.92 Å². The van der Waals surface area contributed by atoms with Gasteiger partial charge in [-0.25, -0.2) is 8.42 Å². The molecule has 0 bridgehead atoms. The number of benzene rings is 4. The van der Waals surface area contributed by atoms with Crippen LogP contribution in [0.15, 0.2) is 109 Å². The fourth-order valence-electron chi connectivity index (χ4n) is 4.58. The molecule has 1 N–H and O–H groups in total. The monoisotopic (exact) mass is 570 g/mol. The minimum Gasteiger partial charge on any atom is -0.497 e. The highest BCUT2D eigenvalue weighted by Crippen LogP contribution is 2.25. The van der Waals surface area contributed by atoms with Gasteiger partial charge in [0.1, 0.15) is 11.7 Å². The van der Waals surface area contributed by atoms with Crippen molar-refractivity contribution in [1.82, 2.24) is 4.72 Å². The third-order valence-corrected chi connectivity index (χ3v) is 8.09. The number of carbonyl (C=O) groups is 2. The number of nitrogens with zero attached hydrogens (tertiary/aromatic N) is 1. The zero-order valence-corrected chi connectivity index (χ0v) is 24.0. The Hall–Kier alpha value is -4.43. The van der Waals surface area contributed by atoms with Gasteiger partial charge in [-0.3, -0.25) is 14.3 Å². The van der Waals surface area contributed by atoms with E-state index in [1.54, 1.807) is 19.2 Å². The summed E-state index contributed by atoms with van der Waals surface area (Å²) in [6.07, 6.45) is 0.297. The number of para-hydroxylation sites is 1. The Kier molecular flexibility index (Phi) is 9.92. The highest BCUT2D eigenvalue weighted by atomic mass is 32.2. The van der Waals surface area contributed by atoms with E-state index in [0.29, 0.717) is 12.2 Å². The molecular formula is C33H34N2O5S. The molecule has 0 radical (unpaired) electrons. The molecular weight excluding hydrogens is 536 g/mol. The van der Waals surface area contributed by atoms with Crippen molar-refractivity contribution in [3.63, 3.8) is 0 Å². The van der Waals surface area contributed by atoms with Gasteiger partial charge in [-0.05, 0) is 66.3 Å². The van der Waals surface area contributed by atoms with Gasteiger partial charge in [0.05, 0.1) is 12.9 Å². The molecule has 7 nitrogen and oxygen atoms in total. The maximum Gasteiger partial charge on any atom is 0.246 e. The summed E-state index contributed by atoms with van der Waals surface area (Å²) < 4.78 is 33.2. The first kappa shape index (κ1) is 29.6. The lowest BCUT2D eigenvalue weighted by Crippen LogP contribution is -2.47. The summed E-state index contributed by atoms with van der Waals surface area (Å²) in [6, 6.07) is 33.4. The molecule has 4 rings (SSSR count). The van der Waals surface area contributed by atoms with Gasteiger partial charge >= 0.3 is 0 Å². The number of nitrogens with one attached hydrogen (secondary N) is 1. The van der Waals surface area contributed by atoms with Gasteiger partial charge in [0, 0.05) is 12.2 Å². The van der Waals surface area contributed by atoms with Crippen molar-refractivity contribution in [2.24, 2.45) is 5.92 Å². The van der Waals surface area contributed by atoms with Gasteiger partial charge in [-0.1, -0.05) is 84.9 Å². The molecule has 0 aliphatic rings. The lowest BCUT2D eigenvalue weighted by Gasteiger charge is -2.26. The van der Waals surface area contributed by atoms with E-state index < -0.39 is 27.8 Å². The number of aryl methyl sites for hydroxylation is 1. The van der Waals surface area contributed by atoms with Crippen LogP contribution in [0.2, 0.25) is 0 Å². The van der Waals surface area contributed by atoms with E-state index in [-0.39, 0.29) is 18.6 Å². The van der Waals surface area contributed by atoms with E-state index in [2.05, 4.69) is 4.72 Å². The minimum atomic E-state index is -3.98. The first-order valence-corrected chi connectivity index (χ1v) is 15.1. The maximum atomic E-state index is 13.8. The van der Waals surface area contributed by atoms with Crippen LogP contribution in [0.4, 0.5) is 5.69 Å². The number of methoxy groups -OCH3 is 1. The van der Waals surface area contributed by atoms with Gasteiger partial charge in [0.15, 0.2) is 0 Å². The van der Waals surface area contributed by atoms with Crippen molar-refractivity contribution in [1.29, 1.82) is 0 Å². The SMILES string of the molecule is CCN(C(=O)C(Cc1ccc(-c2ccc(OC)cc2)cc1)C(=O)NS(=O)(=O)CCc1ccccc1)c1ccccc1. The standard InChI is InChI=1S/C33H34N2O5S/c1-3-35(29-12-8-5-9-13-29)33(37)31(32(36)34-41(38,39)23-22-25-10-6-4-7-11-25)24-26-14-16-27(17-15-26)28-18-20-30(40-2)21-19-28/h4-21,31H,3,22-24H2,1-2H3,(H,34,36). The van der Waals surface area contributed by atoms with Crippen LogP contribution in [0.3, 0.4) is 0 Å². The van der Waals surface area contributed by atoms with Crippen molar-refractivity contribution in [2.45, 2.75) is 19.8 Å². The number of anilines is 1. The summed E-state index contributed by atoms with van der Waals surface area (Å²) >= 11 is 0. The Labute approximate surface area is 241 Å². The largest absolute Gasteiger partial charge is 0.497 e. The summed E-state index contributed by atoms with van der Waals surface area (Å²) in [5.74, 6) is -2.05. The third kappa shape index (κ3) is 8.05. The molecule has 8 heteroatoms. The molecule has 0 fully saturated rings. The fraction of sp³-hybridized carbons (Fsp3) is 0.212. The van der Waals surface area contributed by atoms with Gasteiger partial charge < -0.3 is 9.64 Å². The molecule has 0 heterocycles. The number of rotatable bonds is 12. The first-order valence-electron chi connectivity index (χ1n) is 13.5. The minimum absolute atomic E-state index is 0.0467. The third-order valence-electron chi connectivity index (χ3n) is 6.84. The molecule has 0 aliphatic heterocycles. The second-order valence-electron chi connectivity index (χ2n) is 9.62. The van der Waals surface area contributed by atoms with Crippen LogP contribution in [-0.2, 0) is 32.5 Å². The second-order valence-corrected chi connectivity index (χ2v) is 11.5. The summed E-state index contributed by atoms with van der Waals surface area (Å²) in [7, 11) is -2.36. The molecule has 2 amide bonds. The highest BCUT2D eigenvalue weighted by Gasteiger charge is 2.33. The lowest BCUT2D eigenvalue weighted by atomic mass is 9.95. The summed E-state index contributed by atoms with van der Waals surface area (Å²) in [5, 5.41) is 0. The fourth-order valence-corrected chi connectivity index (χ4v) is 5.63. The van der Waals surface area contributed by atoms with E-state index in [1.165, 1.54) is 4.90 Å². The van der Waals surface area contributed by atoms with Crippen LogP contribution in [-0.4, -0.2) is 39.6 Å². The van der Waals surface area contributed by atoms with E-state index in [1.807, 2.05) is 104 Å². The van der Waals surface area contributed by atoms with Crippen LogP contribution < -0.4 is 14.4 Å². The average molecular weight is 571 g/mol. The van der Waals surface area contributed by atoms with Crippen molar-refractivity contribution >= 4 is 27.5 Å². The van der Waals surface area contributed by atoms with Crippen molar-refractivity contribution in [3.05, 3.63) is 120 Å². The predicted octanol–water partition coefficient (Wildman–Crippen LogP) is 5.26. The average Bonchev–Trinajstić information content (AvgIpc) is 3.00. The Morgan fingerprint density at radius 1 is 0.780 bits per heavy atom. The summed E-state index contributed by atoms with van der Waals surface area (Å²) in [6.45, 7) is 2.14. The number of hydrogen-bond acceptors (Lipinski definition) is 5. The predicted molar refractivity (Wildman–Crippen MR) is 162 cm³/mol. The normalized spacial score (nSPS) is 11.9. The van der Waals surface area contributed by atoms with Crippen LogP contribution >= 0.6 is 0 Å².